The van der Waals surface area contributed by atoms with Crippen molar-refractivity contribution >= 4 is 21.6 Å². The summed E-state index contributed by atoms with van der Waals surface area (Å²) in [5.41, 5.74) is 0.684. The zero-order valence-corrected chi connectivity index (χ0v) is 16.9. The van der Waals surface area contributed by atoms with Gasteiger partial charge in [0.05, 0.1) is 5.56 Å². The second-order valence-electron chi connectivity index (χ2n) is 6.94. The molecule has 1 aliphatic heterocycles. The summed E-state index contributed by atoms with van der Waals surface area (Å²) in [6.45, 7) is 4.70. The van der Waals surface area contributed by atoms with Gasteiger partial charge >= 0.3 is 0 Å². The molecule has 7 nitrogen and oxygen atoms in total. The largest absolute Gasteiger partial charge is 0.322 e. The number of nitrogens with zero attached hydrogens (tertiary/aromatic N) is 3. The number of amides is 1. The van der Waals surface area contributed by atoms with E-state index < -0.39 is 21.7 Å². The quantitative estimate of drug-likeness (QED) is 0.824. The van der Waals surface area contributed by atoms with Gasteiger partial charge in [0.2, 0.25) is 5.03 Å². The molecule has 152 valence electrons. The highest BCUT2D eigenvalue weighted by molar-refractivity contribution is 7.89. The number of hydrogen-bond donors (Lipinski definition) is 1. The van der Waals surface area contributed by atoms with Crippen LogP contribution in [-0.4, -0.2) is 41.5 Å². The maximum atomic E-state index is 13.8. The van der Waals surface area contributed by atoms with Gasteiger partial charge in [-0.05, 0) is 44.4 Å². The Balaban J connectivity index is 1.93. The zero-order valence-electron chi connectivity index (χ0n) is 16.1. The van der Waals surface area contributed by atoms with Crippen LogP contribution in [0.25, 0.3) is 0 Å². The summed E-state index contributed by atoms with van der Waals surface area (Å²) in [7, 11) is -3.89. The van der Waals surface area contributed by atoms with Gasteiger partial charge in [0.15, 0.2) is 0 Å². The van der Waals surface area contributed by atoms with E-state index in [2.05, 4.69) is 10.4 Å². The van der Waals surface area contributed by atoms with E-state index in [0.717, 1.165) is 25.7 Å². The first-order chi connectivity index (χ1) is 13.3. The Morgan fingerprint density at radius 2 is 1.89 bits per heavy atom. The molecule has 1 aromatic heterocycles. The Hall–Kier alpha value is -2.26. The summed E-state index contributed by atoms with van der Waals surface area (Å²) in [6.07, 6.45) is 4.98. The molecule has 0 radical (unpaired) electrons. The summed E-state index contributed by atoms with van der Waals surface area (Å²) < 4.78 is 42.9. The molecule has 1 amide bonds. The third-order valence-electron chi connectivity index (χ3n) is 4.88. The van der Waals surface area contributed by atoms with Crippen LogP contribution in [0, 0.1) is 12.7 Å². The Bertz CT molecular complexity index is 964. The minimum atomic E-state index is -3.89. The summed E-state index contributed by atoms with van der Waals surface area (Å²) in [5, 5.41) is 6.48. The fourth-order valence-electron chi connectivity index (χ4n) is 3.19. The summed E-state index contributed by atoms with van der Waals surface area (Å²) in [5.74, 6) is -1.07. The second kappa shape index (κ2) is 8.40. The highest BCUT2D eigenvalue weighted by atomic mass is 32.2. The Morgan fingerprint density at radius 3 is 2.50 bits per heavy atom. The molecule has 9 heteroatoms. The average molecular weight is 408 g/mol. The van der Waals surface area contributed by atoms with Crippen molar-refractivity contribution in [2.24, 2.45) is 0 Å². The molecule has 0 unspecified atom stereocenters. The molecule has 28 heavy (non-hydrogen) atoms. The van der Waals surface area contributed by atoms with Gasteiger partial charge < -0.3 is 5.32 Å². The number of anilines is 1. The molecule has 0 spiro atoms. The number of nitrogens with one attached hydrogen (secondary N) is 1. The molecule has 1 aliphatic rings. The number of halogens is 1. The second-order valence-corrected chi connectivity index (χ2v) is 8.79. The summed E-state index contributed by atoms with van der Waals surface area (Å²) in [4.78, 5) is 12.8. The molecule has 3 rings (SSSR count). The van der Waals surface area contributed by atoms with Crippen LogP contribution in [0.15, 0.2) is 29.4 Å². The van der Waals surface area contributed by atoms with E-state index in [4.69, 9.17) is 0 Å². The lowest BCUT2D eigenvalue weighted by Gasteiger charge is -2.19. The summed E-state index contributed by atoms with van der Waals surface area (Å²) >= 11 is 0. The molecular formula is C19H25FN4O3S. The van der Waals surface area contributed by atoms with Crippen LogP contribution in [0.1, 0.15) is 48.5 Å². The van der Waals surface area contributed by atoms with Gasteiger partial charge in [-0.25, -0.2) is 12.8 Å². The van der Waals surface area contributed by atoms with Crippen molar-refractivity contribution in [3.63, 3.8) is 0 Å². The molecule has 0 aliphatic carbocycles. The van der Waals surface area contributed by atoms with Gasteiger partial charge in [0.1, 0.15) is 5.82 Å². The molecule has 0 saturated carbocycles. The fourth-order valence-corrected chi connectivity index (χ4v) is 4.80. The molecule has 1 N–H and O–H groups in total. The van der Waals surface area contributed by atoms with Gasteiger partial charge in [-0.15, -0.1) is 0 Å². The summed E-state index contributed by atoms with van der Waals surface area (Å²) in [6, 6.07) is 4.33. The molecule has 1 fully saturated rings. The number of benzene rings is 1. The van der Waals surface area contributed by atoms with E-state index >= 15 is 0 Å². The zero-order chi connectivity index (χ0) is 20.3. The lowest BCUT2D eigenvalue weighted by molar-refractivity contribution is 0.102. The normalized spacial score (nSPS) is 16.0. The van der Waals surface area contributed by atoms with Crippen molar-refractivity contribution in [2.45, 2.75) is 51.1 Å². The van der Waals surface area contributed by atoms with E-state index in [1.165, 1.54) is 21.3 Å². The van der Waals surface area contributed by atoms with Gasteiger partial charge in [-0.3, -0.25) is 9.48 Å². The minimum absolute atomic E-state index is 0.0351. The van der Waals surface area contributed by atoms with Crippen LogP contribution >= 0.6 is 0 Å². The topological polar surface area (TPSA) is 84.3 Å². The highest BCUT2D eigenvalue weighted by Gasteiger charge is 2.33. The van der Waals surface area contributed by atoms with E-state index in [9.17, 15) is 17.6 Å². The number of carbonyl (C=O) groups is 1. The molecule has 1 saturated heterocycles. The number of rotatable bonds is 5. The van der Waals surface area contributed by atoms with Crippen LogP contribution in [0.3, 0.4) is 0 Å². The predicted molar refractivity (Wildman–Crippen MR) is 104 cm³/mol. The number of carbonyl (C=O) groups excluding carboxylic acids is 1. The van der Waals surface area contributed by atoms with Crippen LogP contribution < -0.4 is 5.32 Å². The third kappa shape index (κ3) is 4.25. The maximum absolute atomic E-state index is 13.8. The monoisotopic (exact) mass is 408 g/mol. The molecule has 0 bridgehead atoms. The van der Waals surface area contributed by atoms with Crippen LogP contribution in [0.4, 0.5) is 10.1 Å². The highest BCUT2D eigenvalue weighted by Crippen LogP contribution is 2.23. The Morgan fingerprint density at radius 1 is 1.21 bits per heavy atom. The molecule has 1 aromatic carbocycles. The SMILES string of the molecule is CCn1cc(C(=O)Nc2ccc(C)c(F)c2)c(S(=O)(=O)N2CCCCCC2)n1. The van der Waals surface area contributed by atoms with Gasteiger partial charge in [-0.2, -0.15) is 9.40 Å². The molecule has 2 aromatic rings. The van der Waals surface area contributed by atoms with E-state index in [1.807, 2.05) is 6.92 Å². The standard InChI is InChI=1S/C19H25FN4O3S/c1-3-23-13-16(18(25)21-15-9-8-14(2)17(20)12-15)19(22-23)28(26,27)24-10-6-4-5-7-11-24/h8-9,12-13H,3-7,10-11H2,1-2H3,(H,21,25). The lowest BCUT2D eigenvalue weighted by atomic mass is 10.2. The predicted octanol–water partition coefficient (Wildman–Crippen LogP) is 3.17. The first kappa shape index (κ1) is 20.5. The smallest absolute Gasteiger partial charge is 0.263 e. The Kier molecular flexibility index (Phi) is 6.14. The van der Waals surface area contributed by atoms with E-state index in [0.29, 0.717) is 25.2 Å². The van der Waals surface area contributed by atoms with Crippen molar-refractivity contribution in [2.75, 3.05) is 18.4 Å². The number of aromatic nitrogens is 2. The van der Waals surface area contributed by atoms with Gasteiger partial charge in [0.25, 0.3) is 15.9 Å². The minimum Gasteiger partial charge on any atom is -0.322 e. The van der Waals surface area contributed by atoms with Crippen molar-refractivity contribution < 1.29 is 17.6 Å². The number of sulfonamides is 1. The van der Waals surface area contributed by atoms with Crippen molar-refractivity contribution in [1.82, 2.24) is 14.1 Å². The number of aryl methyl sites for hydroxylation is 2. The third-order valence-corrected chi connectivity index (χ3v) is 6.71. The van der Waals surface area contributed by atoms with Crippen LogP contribution in [0.5, 0.6) is 0 Å². The van der Waals surface area contributed by atoms with Gasteiger partial charge in [-0.1, -0.05) is 18.9 Å². The molecule has 0 atom stereocenters. The average Bonchev–Trinajstić information content (AvgIpc) is 2.92. The first-order valence-corrected chi connectivity index (χ1v) is 10.9. The first-order valence-electron chi connectivity index (χ1n) is 9.48. The molecular weight excluding hydrogens is 383 g/mol. The van der Waals surface area contributed by atoms with E-state index in [1.54, 1.807) is 19.1 Å². The van der Waals surface area contributed by atoms with Crippen molar-refractivity contribution in [3.8, 4) is 0 Å². The van der Waals surface area contributed by atoms with Crippen molar-refractivity contribution in [3.05, 3.63) is 41.3 Å². The lowest BCUT2D eigenvalue weighted by Crippen LogP contribution is -2.33. The van der Waals surface area contributed by atoms with Crippen LogP contribution in [-0.2, 0) is 16.6 Å². The maximum Gasteiger partial charge on any atom is 0.263 e. The fraction of sp³-hybridized carbons (Fsp3) is 0.474. The van der Waals surface area contributed by atoms with Gasteiger partial charge in [0, 0.05) is 31.5 Å². The van der Waals surface area contributed by atoms with E-state index in [-0.39, 0.29) is 16.3 Å². The van der Waals surface area contributed by atoms with Crippen LogP contribution in [0.2, 0.25) is 0 Å². The van der Waals surface area contributed by atoms with Crippen molar-refractivity contribution in [1.29, 1.82) is 0 Å². The molecule has 2 heterocycles. The Labute approximate surface area is 164 Å². The number of hydrogen-bond acceptors (Lipinski definition) is 4.